The summed E-state index contributed by atoms with van der Waals surface area (Å²) in [6.45, 7) is 2.60. The van der Waals surface area contributed by atoms with E-state index in [0.717, 1.165) is 50.1 Å². The van der Waals surface area contributed by atoms with Gasteiger partial charge in [0.15, 0.2) is 5.82 Å². The Morgan fingerprint density at radius 1 is 1.21 bits per heavy atom. The van der Waals surface area contributed by atoms with E-state index in [2.05, 4.69) is 22.1 Å². The summed E-state index contributed by atoms with van der Waals surface area (Å²) in [5, 5.41) is 4.17. The van der Waals surface area contributed by atoms with Gasteiger partial charge in [0.1, 0.15) is 0 Å². The Bertz CT molecular complexity index is 575. The molecule has 6 heteroatoms. The molecule has 2 saturated heterocycles. The first kappa shape index (κ1) is 16.1. The molecule has 3 aliphatic rings. The first-order chi connectivity index (χ1) is 11.7. The van der Waals surface area contributed by atoms with E-state index in [4.69, 9.17) is 4.52 Å². The number of rotatable bonds is 5. The van der Waals surface area contributed by atoms with Crippen LogP contribution in [0.3, 0.4) is 0 Å². The molecular formula is C18H28N4O2. The van der Waals surface area contributed by atoms with E-state index in [1.54, 1.807) is 0 Å². The third-order valence-electron chi connectivity index (χ3n) is 6.10. The summed E-state index contributed by atoms with van der Waals surface area (Å²) in [4.78, 5) is 21.1. The zero-order valence-corrected chi connectivity index (χ0v) is 14.6. The van der Waals surface area contributed by atoms with Gasteiger partial charge in [-0.05, 0) is 38.8 Å². The molecule has 0 unspecified atom stereocenters. The van der Waals surface area contributed by atoms with Crippen LogP contribution >= 0.6 is 0 Å². The molecule has 1 atom stereocenters. The largest absolute Gasteiger partial charge is 0.341 e. The Kier molecular flexibility index (Phi) is 4.57. The minimum Gasteiger partial charge on any atom is -0.341 e. The summed E-state index contributed by atoms with van der Waals surface area (Å²) in [5.41, 5.74) is 0. The number of aromatic nitrogens is 2. The van der Waals surface area contributed by atoms with E-state index in [0.29, 0.717) is 12.3 Å². The molecule has 0 bridgehead atoms. The van der Waals surface area contributed by atoms with Crippen LogP contribution in [-0.4, -0.2) is 52.5 Å². The summed E-state index contributed by atoms with van der Waals surface area (Å²) in [6.07, 6.45) is 9.39. The molecule has 1 aliphatic carbocycles. The molecule has 1 aromatic heterocycles. The van der Waals surface area contributed by atoms with E-state index >= 15 is 0 Å². The fourth-order valence-electron chi connectivity index (χ4n) is 4.40. The second kappa shape index (κ2) is 6.82. The van der Waals surface area contributed by atoms with Crippen LogP contribution in [0.15, 0.2) is 4.52 Å². The van der Waals surface area contributed by atoms with Crippen LogP contribution in [0.5, 0.6) is 0 Å². The van der Waals surface area contributed by atoms with Gasteiger partial charge >= 0.3 is 0 Å². The number of hydrogen-bond donors (Lipinski definition) is 0. The fraction of sp³-hybridized carbons (Fsp3) is 0.833. The lowest BCUT2D eigenvalue weighted by molar-refractivity contribution is -0.136. The molecule has 1 amide bonds. The van der Waals surface area contributed by atoms with Crippen LogP contribution in [0.25, 0.3) is 0 Å². The second-order valence-electron chi connectivity index (χ2n) is 7.81. The molecule has 1 saturated carbocycles. The average molecular weight is 332 g/mol. The summed E-state index contributed by atoms with van der Waals surface area (Å²) in [7, 11) is 2.11. The molecule has 0 aromatic carbocycles. The van der Waals surface area contributed by atoms with E-state index in [9.17, 15) is 4.79 Å². The van der Waals surface area contributed by atoms with Gasteiger partial charge in [-0.1, -0.05) is 30.8 Å². The maximum atomic E-state index is 12.3. The topological polar surface area (TPSA) is 62.5 Å². The summed E-state index contributed by atoms with van der Waals surface area (Å²) >= 11 is 0. The van der Waals surface area contributed by atoms with Crippen LogP contribution in [-0.2, 0) is 4.79 Å². The maximum absolute atomic E-state index is 12.3. The number of carbonyl (C=O) groups excluding carboxylic acids is 1. The van der Waals surface area contributed by atoms with Gasteiger partial charge in [-0.2, -0.15) is 4.98 Å². The van der Waals surface area contributed by atoms with Gasteiger partial charge in [-0.25, -0.2) is 0 Å². The predicted molar refractivity (Wildman–Crippen MR) is 89.4 cm³/mol. The number of nitrogens with zero attached hydrogens (tertiary/aromatic N) is 4. The molecule has 4 rings (SSSR count). The molecule has 3 fully saturated rings. The SMILES string of the molecule is CN1CCC[C@H]1c1nc(C2CN(C(=O)CCC3CCCC3)C2)no1. The highest BCUT2D eigenvalue weighted by molar-refractivity contribution is 5.77. The van der Waals surface area contributed by atoms with Crippen molar-refractivity contribution in [1.29, 1.82) is 0 Å². The lowest BCUT2D eigenvalue weighted by Crippen LogP contribution is -2.48. The standard InChI is InChI=1S/C18H28N4O2/c1-21-10-4-7-15(21)18-19-17(20-24-18)14-11-22(12-14)16(23)9-8-13-5-2-3-6-13/h13-15H,2-12H2,1H3/t15-/m0/s1. The fourth-order valence-corrected chi connectivity index (χ4v) is 4.40. The minimum absolute atomic E-state index is 0.254. The highest BCUT2D eigenvalue weighted by Crippen LogP contribution is 2.33. The third-order valence-corrected chi connectivity index (χ3v) is 6.10. The van der Waals surface area contributed by atoms with Crippen LogP contribution < -0.4 is 0 Å². The maximum Gasteiger partial charge on any atom is 0.243 e. The van der Waals surface area contributed by atoms with Crippen molar-refractivity contribution < 1.29 is 9.32 Å². The van der Waals surface area contributed by atoms with Gasteiger partial charge < -0.3 is 9.42 Å². The van der Waals surface area contributed by atoms with Crippen LogP contribution in [0.2, 0.25) is 0 Å². The summed E-state index contributed by atoms with van der Waals surface area (Å²) in [6, 6.07) is 0.274. The van der Waals surface area contributed by atoms with Gasteiger partial charge in [0.05, 0.1) is 12.0 Å². The van der Waals surface area contributed by atoms with Crippen LogP contribution in [0, 0.1) is 5.92 Å². The molecule has 0 radical (unpaired) electrons. The normalized spacial score (nSPS) is 26.2. The van der Waals surface area contributed by atoms with Crippen molar-refractivity contribution in [1.82, 2.24) is 19.9 Å². The molecule has 24 heavy (non-hydrogen) atoms. The molecular weight excluding hydrogens is 304 g/mol. The average Bonchev–Trinajstić information content (AvgIpc) is 3.24. The molecule has 6 nitrogen and oxygen atoms in total. The van der Waals surface area contributed by atoms with E-state index in [1.807, 2.05) is 4.90 Å². The smallest absolute Gasteiger partial charge is 0.243 e. The van der Waals surface area contributed by atoms with E-state index < -0.39 is 0 Å². The highest BCUT2D eigenvalue weighted by Gasteiger charge is 2.36. The van der Waals surface area contributed by atoms with Crippen molar-refractivity contribution in [3.05, 3.63) is 11.7 Å². The Hall–Kier alpha value is -1.43. The van der Waals surface area contributed by atoms with Gasteiger partial charge in [0.25, 0.3) is 0 Å². The molecule has 3 heterocycles. The second-order valence-corrected chi connectivity index (χ2v) is 7.81. The van der Waals surface area contributed by atoms with Crippen molar-refractivity contribution in [2.75, 3.05) is 26.7 Å². The number of carbonyl (C=O) groups is 1. The highest BCUT2D eigenvalue weighted by atomic mass is 16.5. The molecule has 132 valence electrons. The van der Waals surface area contributed by atoms with Gasteiger partial charge in [0.2, 0.25) is 11.8 Å². The lowest BCUT2D eigenvalue weighted by Gasteiger charge is -2.37. The van der Waals surface area contributed by atoms with Crippen molar-refractivity contribution in [2.45, 2.75) is 63.3 Å². The first-order valence-corrected chi connectivity index (χ1v) is 9.52. The zero-order valence-electron chi connectivity index (χ0n) is 14.6. The third kappa shape index (κ3) is 3.21. The van der Waals surface area contributed by atoms with Gasteiger partial charge in [-0.15, -0.1) is 0 Å². The predicted octanol–water partition coefficient (Wildman–Crippen LogP) is 2.73. The van der Waals surface area contributed by atoms with Crippen molar-refractivity contribution in [2.24, 2.45) is 5.92 Å². The summed E-state index contributed by atoms with van der Waals surface area (Å²) in [5.74, 6) is 2.87. The number of likely N-dealkylation sites (tertiary alicyclic amines) is 2. The number of hydrogen-bond acceptors (Lipinski definition) is 5. The van der Waals surface area contributed by atoms with Crippen LogP contribution in [0.4, 0.5) is 0 Å². The van der Waals surface area contributed by atoms with E-state index in [1.165, 1.54) is 32.1 Å². The van der Waals surface area contributed by atoms with Crippen molar-refractivity contribution >= 4 is 5.91 Å². The Morgan fingerprint density at radius 2 is 2.00 bits per heavy atom. The Morgan fingerprint density at radius 3 is 2.71 bits per heavy atom. The van der Waals surface area contributed by atoms with Gasteiger partial charge in [-0.3, -0.25) is 9.69 Å². The first-order valence-electron chi connectivity index (χ1n) is 9.52. The van der Waals surface area contributed by atoms with E-state index in [-0.39, 0.29) is 12.0 Å². The Labute approximate surface area is 143 Å². The molecule has 0 spiro atoms. The van der Waals surface area contributed by atoms with Gasteiger partial charge in [0, 0.05) is 19.5 Å². The number of amides is 1. The van der Waals surface area contributed by atoms with Crippen molar-refractivity contribution in [3.8, 4) is 0 Å². The monoisotopic (exact) mass is 332 g/mol. The molecule has 1 aromatic rings. The molecule has 2 aliphatic heterocycles. The van der Waals surface area contributed by atoms with Crippen LogP contribution in [0.1, 0.15) is 75.0 Å². The Balaban J connectivity index is 1.25. The minimum atomic E-state index is 0.254. The zero-order chi connectivity index (χ0) is 16.5. The molecule has 0 N–H and O–H groups in total. The lowest BCUT2D eigenvalue weighted by atomic mass is 9.96. The summed E-state index contributed by atoms with van der Waals surface area (Å²) < 4.78 is 5.48. The van der Waals surface area contributed by atoms with Crippen molar-refractivity contribution in [3.63, 3.8) is 0 Å². The quantitative estimate of drug-likeness (QED) is 0.829.